The first-order valence-corrected chi connectivity index (χ1v) is 12.8. The van der Waals surface area contributed by atoms with Crippen LogP contribution in [0.5, 0.6) is 5.75 Å². The Morgan fingerprint density at radius 3 is 2.67 bits per heavy atom. The van der Waals surface area contributed by atoms with Gasteiger partial charge >= 0.3 is 0 Å². The summed E-state index contributed by atoms with van der Waals surface area (Å²) >= 11 is 1.55. The zero-order valence-corrected chi connectivity index (χ0v) is 20.9. The van der Waals surface area contributed by atoms with E-state index in [-0.39, 0.29) is 0 Å². The highest BCUT2D eigenvalue weighted by molar-refractivity contribution is 7.97. The predicted molar refractivity (Wildman–Crippen MR) is 141 cm³/mol. The molecule has 0 saturated carbocycles. The summed E-state index contributed by atoms with van der Waals surface area (Å²) in [5, 5.41) is 24.9. The highest BCUT2D eigenvalue weighted by atomic mass is 32.2. The van der Waals surface area contributed by atoms with Gasteiger partial charge in [0.15, 0.2) is 0 Å². The predicted octanol–water partition coefficient (Wildman–Crippen LogP) is 4.29. The van der Waals surface area contributed by atoms with Crippen LogP contribution >= 0.6 is 11.9 Å². The molecule has 4 aromatic rings. The first-order valence-electron chi connectivity index (χ1n) is 12.0. The Bertz CT molecular complexity index is 1360. The fourth-order valence-corrected chi connectivity index (χ4v) is 5.25. The number of hydrogen-bond acceptors (Lipinski definition) is 8. The van der Waals surface area contributed by atoms with Crippen molar-refractivity contribution in [1.29, 1.82) is 5.26 Å². The van der Waals surface area contributed by atoms with E-state index in [4.69, 9.17) is 9.72 Å². The molecule has 1 fully saturated rings. The SMILES string of the molecule is CCOc1cc(-c2ccc(N3CCC(O)(CNSc4ccccc4)CC3)nc2)c2c(C#N)cnn2c1. The molecule has 1 aliphatic rings. The second-order valence-corrected chi connectivity index (χ2v) is 9.80. The van der Waals surface area contributed by atoms with Crippen molar-refractivity contribution in [2.24, 2.45) is 0 Å². The highest BCUT2D eigenvalue weighted by Crippen LogP contribution is 2.32. The van der Waals surface area contributed by atoms with Gasteiger partial charge in [-0.25, -0.2) is 9.50 Å². The van der Waals surface area contributed by atoms with Crippen LogP contribution in [0.1, 0.15) is 25.3 Å². The molecule has 0 atom stereocenters. The van der Waals surface area contributed by atoms with Gasteiger partial charge in [-0.2, -0.15) is 10.4 Å². The van der Waals surface area contributed by atoms with Gasteiger partial charge in [-0.15, -0.1) is 0 Å². The molecule has 5 rings (SSSR count). The van der Waals surface area contributed by atoms with Crippen LogP contribution in [0.2, 0.25) is 0 Å². The molecule has 1 aliphatic heterocycles. The van der Waals surface area contributed by atoms with Crippen molar-refractivity contribution in [2.75, 3.05) is 31.1 Å². The molecular formula is C27H28N6O2S. The Hall–Kier alpha value is -3.58. The summed E-state index contributed by atoms with van der Waals surface area (Å²) in [6, 6.07) is 18.3. The lowest BCUT2D eigenvalue weighted by atomic mass is 9.91. The Balaban J connectivity index is 1.26. The Kier molecular flexibility index (Phi) is 7.09. The number of nitrogens with zero attached hydrogens (tertiary/aromatic N) is 5. The molecule has 4 heterocycles. The number of aromatic nitrogens is 3. The average Bonchev–Trinajstić information content (AvgIpc) is 3.33. The smallest absolute Gasteiger partial charge is 0.138 e. The third-order valence-electron chi connectivity index (χ3n) is 6.43. The maximum absolute atomic E-state index is 11.0. The molecule has 9 heteroatoms. The number of nitrogens with one attached hydrogen (secondary N) is 1. The van der Waals surface area contributed by atoms with E-state index >= 15 is 0 Å². The lowest BCUT2D eigenvalue weighted by Crippen LogP contribution is -2.49. The number of aliphatic hydroxyl groups is 1. The standard InChI is InChI=1S/C27H28N6O2S/c1-2-35-22-14-24(26-21(15-28)17-30-33(26)18-22)20-8-9-25(29-16-20)32-12-10-27(34,11-13-32)19-31-36-23-6-4-3-5-7-23/h3-9,14,16-18,31,34H,2,10-13,19H2,1H3. The van der Waals surface area contributed by atoms with Crippen molar-refractivity contribution in [3.05, 3.63) is 72.7 Å². The van der Waals surface area contributed by atoms with Crippen LogP contribution in [0.15, 0.2) is 72.0 Å². The summed E-state index contributed by atoms with van der Waals surface area (Å²) in [4.78, 5) is 8.05. The van der Waals surface area contributed by atoms with E-state index < -0.39 is 5.60 Å². The van der Waals surface area contributed by atoms with Crippen LogP contribution in [-0.4, -0.2) is 51.5 Å². The summed E-state index contributed by atoms with van der Waals surface area (Å²) < 4.78 is 10.7. The summed E-state index contributed by atoms with van der Waals surface area (Å²) in [5.41, 5.74) is 2.24. The minimum atomic E-state index is -0.737. The van der Waals surface area contributed by atoms with Crippen molar-refractivity contribution < 1.29 is 9.84 Å². The molecule has 0 radical (unpaired) electrons. The van der Waals surface area contributed by atoms with Gasteiger partial charge in [0.1, 0.15) is 17.6 Å². The second kappa shape index (κ2) is 10.6. The summed E-state index contributed by atoms with van der Waals surface area (Å²) in [6.45, 7) is 4.46. The molecule has 8 nitrogen and oxygen atoms in total. The highest BCUT2D eigenvalue weighted by Gasteiger charge is 2.32. The molecule has 0 bridgehead atoms. The first kappa shape index (κ1) is 24.1. The van der Waals surface area contributed by atoms with Crippen LogP contribution in [0, 0.1) is 11.3 Å². The van der Waals surface area contributed by atoms with E-state index in [9.17, 15) is 10.4 Å². The molecule has 1 saturated heterocycles. The number of fused-ring (bicyclic) bond motifs is 1. The van der Waals surface area contributed by atoms with Gasteiger partial charge in [0.25, 0.3) is 0 Å². The molecular weight excluding hydrogens is 472 g/mol. The number of nitriles is 1. The Morgan fingerprint density at radius 2 is 1.97 bits per heavy atom. The van der Waals surface area contributed by atoms with Gasteiger partial charge < -0.3 is 14.7 Å². The quantitative estimate of drug-likeness (QED) is 0.346. The molecule has 184 valence electrons. The van der Waals surface area contributed by atoms with Gasteiger partial charge in [0, 0.05) is 41.9 Å². The van der Waals surface area contributed by atoms with E-state index in [1.807, 2.05) is 61.7 Å². The maximum atomic E-state index is 11.0. The van der Waals surface area contributed by atoms with Crippen molar-refractivity contribution in [3.8, 4) is 22.9 Å². The second-order valence-electron chi connectivity index (χ2n) is 8.84. The van der Waals surface area contributed by atoms with Crippen molar-refractivity contribution in [3.63, 3.8) is 0 Å². The molecule has 3 aromatic heterocycles. The molecule has 0 spiro atoms. The van der Waals surface area contributed by atoms with Crippen LogP contribution in [0.4, 0.5) is 5.82 Å². The third kappa shape index (κ3) is 5.16. The first-order chi connectivity index (χ1) is 17.6. The van der Waals surface area contributed by atoms with Crippen molar-refractivity contribution in [2.45, 2.75) is 30.3 Å². The molecule has 2 N–H and O–H groups in total. The summed E-state index contributed by atoms with van der Waals surface area (Å²) in [6.07, 6.45) is 6.51. The zero-order chi connectivity index (χ0) is 25.0. The fourth-order valence-electron chi connectivity index (χ4n) is 4.45. The van der Waals surface area contributed by atoms with Gasteiger partial charge in [0.05, 0.1) is 35.7 Å². The minimum absolute atomic E-state index is 0.506. The van der Waals surface area contributed by atoms with Crippen LogP contribution in [0.25, 0.3) is 16.6 Å². The number of anilines is 1. The van der Waals surface area contributed by atoms with Gasteiger partial charge in [-0.05, 0) is 62.0 Å². The normalized spacial score (nSPS) is 15.1. The number of ether oxygens (including phenoxy) is 1. The lowest BCUT2D eigenvalue weighted by Gasteiger charge is -2.38. The van der Waals surface area contributed by atoms with Gasteiger partial charge in [-0.1, -0.05) is 18.2 Å². The average molecular weight is 501 g/mol. The molecule has 1 aromatic carbocycles. The largest absolute Gasteiger partial charge is 0.492 e. The minimum Gasteiger partial charge on any atom is -0.492 e. The van der Waals surface area contributed by atoms with Crippen molar-refractivity contribution in [1.82, 2.24) is 19.3 Å². The Morgan fingerprint density at radius 1 is 1.17 bits per heavy atom. The van der Waals surface area contributed by atoms with Crippen molar-refractivity contribution >= 4 is 23.3 Å². The van der Waals surface area contributed by atoms with Gasteiger partial charge in [-0.3, -0.25) is 4.72 Å². The van der Waals surface area contributed by atoms with E-state index in [0.717, 1.165) is 40.4 Å². The summed E-state index contributed by atoms with van der Waals surface area (Å²) in [7, 11) is 0. The fraction of sp³-hybridized carbons (Fsp3) is 0.296. The van der Waals surface area contributed by atoms with Crippen LogP contribution < -0.4 is 14.4 Å². The van der Waals surface area contributed by atoms with E-state index in [0.29, 0.717) is 37.3 Å². The molecule has 0 amide bonds. The van der Waals surface area contributed by atoms with E-state index in [2.05, 4.69) is 20.8 Å². The molecule has 0 unspecified atom stereocenters. The lowest BCUT2D eigenvalue weighted by molar-refractivity contribution is 0.0220. The van der Waals surface area contributed by atoms with Crippen LogP contribution in [0.3, 0.4) is 0 Å². The number of rotatable bonds is 8. The molecule has 36 heavy (non-hydrogen) atoms. The monoisotopic (exact) mass is 500 g/mol. The van der Waals surface area contributed by atoms with Gasteiger partial charge in [0.2, 0.25) is 0 Å². The van der Waals surface area contributed by atoms with E-state index in [1.54, 1.807) is 28.9 Å². The zero-order valence-electron chi connectivity index (χ0n) is 20.1. The topological polar surface area (TPSA) is 98.7 Å². The molecule has 0 aliphatic carbocycles. The van der Waals surface area contributed by atoms with E-state index in [1.165, 1.54) is 0 Å². The third-order valence-corrected chi connectivity index (χ3v) is 7.23. The summed E-state index contributed by atoms with van der Waals surface area (Å²) in [5.74, 6) is 1.56. The number of piperidine rings is 1. The maximum Gasteiger partial charge on any atom is 0.138 e. The Labute approximate surface area is 214 Å². The number of benzene rings is 1. The number of hydrogen-bond donors (Lipinski definition) is 2. The van der Waals surface area contributed by atoms with Crippen LogP contribution in [-0.2, 0) is 0 Å². The number of pyridine rings is 2.